The van der Waals surface area contributed by atoms with Crippen LogP contribution in [0, 0.1) is 5.92 Å². The van der Waals surface area contributed by atoms with Gasteiger partial charge in [0.2, 0.25) is 0 Å². The summed E-state index contributed by atoms with van der Waals surface area (Å²) < 4.78 is 11.7. The number of ether oxygens (including phenoxy) is 2. The number of piperidine rings is 1. The molecule has 6 nitrogen and oxygen atoms in total. The minimum atomic E-state index is -0.0987. The van der Waals surface area contributed by atoms with E-state index in [0.717, 1.165) is 55.8 Å². The summed E-state index contributed by atoms with van der Waals surface area (Å²) in [7, 11) is 3.60. The van der Waals surface area contributed by atoms with Crippen molar-refractivity contribution in [3.05, 3.63) is 53.1 Å². The summed E-state index contributed by atoms with van der Waals surface area (Å²) in [6, 6.07) is 11.8. The molecule has 2 aliphatic rings. The first-order chi connectivity index (χ1) is 15.1. The molecule has 2 aromatic rings. The van der Waals surface area contributed by atoms with Gasteiger partial charge in [0.05, 0.1) is 19.3 Å². The minimum Gasteiger partial charge on any atom is -0.504 e. The van der Waals surface area contributed by atoms with Gasteiger partial charge in [-0.2, -0.15) is 0 Å². The lowest BCUT2D eigenvalue weighted by Crippen LogP contribution is -2.42. The first-order valence-electron chi connectivity index (χ1n) is 11.3. The lowest BCUT2D eigenvalue weighted by atomic mass is 9.83. The van der Waals surface area contributed by atoms with Gasteiger partial charge in [-0.1, -0.05) is 18.2 Å². The van der Waals surface area contributed by atoms with E-state index in [1.165, 1.54) is 5.56 Å². The Hall–Kier alpha value is -1.70. The van der Waals surface area contributed by atoms with Crippen LogP contribution >= 0.6 is 24.8 Å². The maximum Gasteiger partial charge on any atom is 0.161 e. The zero-order valence-corrected chi connectivity index (χ0v) is 21.0. The van der Waals surface area contributed by atoms with Crippen molar-refractivity contribution in [2.45, 2.75) is 37.9 Å². The Balaban J connectivity index is 0.00000193. The third kappa shape index (κ3) is 6.46. The van der Waals surface area contributed by atoms with E-state index in [1.54, 1.807) is 13.2 Å². The van der Waals surface area contributed by atoms with Gasteiger partial charge >= 0.3 is 0 Å². The Morgan fingerprint density at radius 3 is 2.39 bits per heavy atom. The zero-order chi connectivity index (χ0) is 21.8. The number of nitrogens with zero attached hydrogens (tertiary/aromatic N) is 1. The maximum atomic E-state index is 10.5. The predicted octanol–water partition coefficient (Wildman–Crippen LogP) is 4.11. The Labute approximate surface area is 209 Å². The number of likely N-dealkylation sites (N-methyl/N-ethyl adjacent to an activating group) is 1. The van der Waals surface area contributed by atoms with Crippen LogP contribution < -0.4 is 10.1 Å². The fraction of sp³-hybridized carbons (Fsp3) is 0.520. The van der Waals surface area contributed by atoms with Crippen LogP contribution in [-0.4, -0.2) is 61.6 Å². The molecule has 0 aliphatic carbocycles. The highest BCUT2D eigenvalue weighted by atomic mass is 35.5. The van der Waals surface area contributed by atoms with Gasteiger partial charge in [-0.25, -0.2) is 0 Å². The topological polar surface area (TPSA) is 74.2 Å². The summed E-state index contributed by atoms with van der Waals surface area (Å²) in [5.74, 6) is 1.33. The smallest absolute Gasteiger partial charge is 0.161 e. The Morgan fingerprint density at radius 2 is 1.76 bits per heavy atom. The van der Waals surface area contributed by atoms with Crippen LogP contribution in [-0.2, 0) is 17.6 Å². The molecule has 0 aromatic heterocycles. The maximum absolute atomic E-state index is 10.5. The third-order valence-corrected chi connectivity index (χ3v) is 6.81. The second-order valence-electron chi connectivity index (χ2n) is 8.70. The number of methoxy groups -OCH3 is 1. The normalized spacial score (nSPS) is 20.9. The van der Waals surface area contributed by atoms with E-state index >= 15 is 0 Å². The standard InChI is InChI=1S/C25H34N2O4.2ClH/c1-26-16-24-20-7-8-22(28)25(29)21(20)15-23(31-24)18-10-13-27(14-11-18)12-9-17-3-5-19(30-2)6-4-17;;/h3-8,18,23-24,26,28-29H,9-16H2,1-2H3;2*1H/t23-,24-;;/m1../s1. The number of phenols is 2. The molecule has 1 saturated heterocycles. The number of hydrogen-bond donors (Lipinski definition) is 3. The van der Waals surface area contributed by atoms with Gasteiger partial charge < -0.3 is 29.9 Å². The fourth-order valence-electron chi connectivity index (χ4n) is 4.94. The van der Waals surface area contributed by atoms with Crippen LogP contribution in [0.5, 0.6) is 17.2 Å². The highest BCUT2D eigenvalue weighted by Crippen LogP contribution is 2.42. The van der Waals surface area contributed by atoms with Gasteiger partial charge in [0.15, 0.2) is 11.5 Å². The van der Waals surface area contributed by atoms with Crippen molar-refractivity contribution in [3.63, 3.8) is 0 Å². The average Bonchev–Trinajstić information content (AvgIpc) is 2.81. The molecule has 8 heteroatoms. The first kappa shape index (κ1) is 27.5. The van der Waals surface area contributed by atoms with Gasteiger partial charge in [-0.15, -0.1) is 24.8 Å². The van der Waals surface area contributed by atoms with E-state index in [9.17, 15) is 10.2 Å². The number of phenolic OH excluding ortho intramolecular Hbond substituents is 2. The van der Waals surface area contributed by atoms with Gasteiger partial charge in [-0.05, 0) is 74.6 Å². The number of benzene rings is 2. The molecule has 0 radical (unpaired) electrons. The summed E-state index contributed by atoms with van der Waals surface area (Å²) in [5, 5.41) is 23.6. The van der Waals surface area contributed by atoms with E-state index in [1.807, 2.05) is 25.2 Å². The molecule has 0 amide bonds. The second-order valence-corrected chi connectivity index (χ2v) is 8.70. The molecule has 3 N–H and O–H groups in total. The molecule has 184 valence electrons. The molecule has 2 aromatic carbocycles. The van der Waals surface area contributed by atoms with Crippen molar-refractivity contribution in [2.24, 2.45) is 5.92 Å². The van der Waals surface area contributed by atoms with Crippen molar-refractivity contribution in [2.75, 3.05) is 40.3 Å². The summed E-state index contributed by atoms with van der Waals surface area (Å²) in [5.41, 5.74) is 3.16. The van der Waals surface area contributed by atoms with Gasteiger partial charge in [0.25, 0.3) is 0 Å². The van der Waals surface area contributed by atoms with Crippen molar-refractivity contribution in [1.82, 2.24) is 10.2 Å². The van der Waals surface area contributed by atoms with Crippen molar-refractivity contribution in [3.8, 4) is 17.2 Å². The molecule has 0 unspecified atom stereocenters. The number of fused-ring (bicyclic) bond motifs is 1. The average molecular weight is 499 g/mol. The van der Waals surface area contributed by atoms with Crippen molar-refractivity contribution in [1.29, 1.82) is 0 Å². The molecule has 2 aliphatic heterocycles. The fourth-order valence-corrected chi connectivity index (χ4v) is 4.94. The van der Waals surface area contributed by atoms with Crippen LogP contribution in [0.15, 0.2) is 36.4 Å². The molecule has 2 heterocycles. The van der Waals surface area contributed by atoms with E-state index in [4.69, 9.17) is 9.47 Å². The molecular formula is C25H36Cl2N2O4. The highest BCUT2D eigenvalue weighted by molar-refractivity contribution is 5.85. The minimum absolute atomic E-state index is 0. The summed E-state index contributed by atoms with van der Waals surface area (Å²) in [6.07, 6.45) is 3.86. The van der Waals surface area contributed by atoms with Crippen molar-refractivity contribution >= 4 is 24.8 Å². The van der Waals surface area contributed by atoms with Crippen LogP contribution in [0.1, 0.15) is 35.6 Å². The van der Waals surface area contributed by atoms with E-state index in [-0.39, 0.29) is 48.5 Å². The Kier molecular flexibility index (Phi) is 10.6. The largest absolute Gasteiger partial charge is 0.504 e. The first-order valence-corrected chi connectivity index (χ1v) is 11.3. The zero-order valence-electron chi connectivity index (χ0n) is 19.3. The lowest BCUT2D eigenvalue weighted by Gasteiger charge is -2.40. The highest BCUT2D eigenvalue weighted by Gasteiger charge is 2.35. The molecule has 2 atom stereocenters. The van der Waals surface area contributed by atoms with Crippen molar-refractivity contribution < 1.29 is 19.7 Å². The molecule has 33 heavy (non-hydrogen) atoms. The van der Waals surface area contributed by atoms with Crippen LogP contribution in [0.4, 0.5) is 0 Å². The SMILES string of the molecule is CNC[C@H]1O[C@@H](C2CCN(CCc3ccc(OC)cc3)CC2)Cc2c1ccc(O)c2O.Cl.Cl. The summed E-state index contributed by atoms with van der Waals surface area (Å²) in [4.78, 5) is 2.53. The summed E-state index contributed by atoms with van der Waals surface area (Å²) in [6.45, 7) is 3.88. The third-order valence-electron chi connectivity index (χ3n) is 6.81. The second kappa shape index (κ2) is 12.7. The molecule has 0 bridgehead atoms. The van der Waals surface area contributed by atoms with Gasteiger partial charge in [0.1, 0.15) is 5.75 Å². The number of halogens is 2. The summed E-state index contributed by atoms with van der Waals surface area (Å²) >= 11 is 0. The monoisotopic (exact) mass is 498 g/mol. The van der Waals surface area contributed by atoms with Gasteiger partial charge in [-0.3, -0.25) is 0 Å². The molecule has 0 spiro atoms. The van der Waals surface area contributed by atoms with E-state index < -0.39 is 0 Å². The number of nitrogens with one attached hydrogen (secondary N) is 1. The number of aromatic hydroxyl groups is 2. The molecular weight excluding hydrogens is 463 g/mol. The lowest BCUT2D eigenvalue weighted by molar-refractivity contribution is -0.0670. The van der Waals surface area contributed by atoms with E-state index in [0.29, 0.717) is 18.9 Å². The van der Waals surface area contributed by atoms with Crippen LogP contribution in [0.2, 0.25) is 0 Å². The van der Waals surface area contributed by atoms with Crippen LogP contribution in [0.3, 0.4) is 0 Å². The Morgan fingerprint density at radius 1 is 1.06 bits per heavy atom. The predicted molar refractivity (Wildman–Crippen MR) is 135 cm³/mol. The molecule has 4 rings (SSSR count). The quantitative estimate of drug-likeness (QED) is 0.498. The van der Waals surface area contributed by atoms with Crippen LogP contribution in [0.25, 0.3) is 0 Å². The molecule has 1 fully saturated rings. The number of likely N-dealkylation sites (tertiary alicyclic amines) is 1. The number of rotatable bonds is 7. The van der Waals surface area contributed by atoms with E-state index in [2.05, 4.69) is 22.3 Å². The Bertz CT molecular complexity index is 873. The number of hydrogen-bond acceptors (Lipinski definition) is 6. The van der Waals surface area contributed by atoms with Gasteiger partial charge in [0, 0.05) is 25.1 Å². The molecule has 0 saturated carbocycles.